The van der Waals surface area contributed by atoms with Crippen LogP contribution in [0.5, 0.6) is 0 Å². The number of nitrogens with zero attached hydrogens (tertiary/aromatic N) is 1. The Morgan fingerprint density at radius 1 is 1.07 bits per heavy atom. The molecule has 0 saturated carbocycles. The number of thiocarbonyl (C=S) groups is 1. The highest BCUT2D eigenvalue weighted by Crippen LogP contribution is 2.38. The molecule has 4 N–H and O–H groups in total. The van der Waals surface area contributed by atoms with Crippen LogP contribution in [0.1, 0.15) is 40.7 Å². The highest BCUT2D eigenvalue weighted by Gasteiger charge is 2.35. The number of nitrogens with one attached hydrogen (secondary N) is 2. The van der Waals surface area contributed by atoms with Crippen molar-refractivity contribution >= 4 is 34.6 Å². The van der Waals surface area contributed by atoms with Crippen LogP contribution < -0.4 is 21.3 Å². The van der Waals surface area contributed by atoms with Crippen molar-refractivity contribution < 1.29 is 18.0 Å². The zero-order valence-electron chi connectivity index (χ0n) is 16.3. The molecule has 1 fully saturated rings. The molecule has 1 amide bonds. The van der Waals surface area contributed by atoms with Crippen LogP contribution in [0.25, 0.3) is 0 Å². The summed E-state index contributed by atoms with van der Waals surface area (Å²) in [5, 5.41) is 6.09. The summed E-state index contributed by atoms with van der Waals surface area (Å²) in [5.74, 6) is -0.532. The van der Waals surface area contributed by atoms with Gasteiger partial charge >= 0.3 is 6.18 Å². The van der Waals surface area contributed by atoms with E-state index in [9.17, 15) is 18.0 Å². The molecule has 0 radical (unpaired) electrons. The van der Waals surface area contributed by atoms with Crippen LogP contribution in [-0.4, -0.2) is 24.1 Å². The number of carbonyl (C=O) groups excluding carboxylic acids is 1. The Kier molecular flexibility index (Phi) is 6.81. The van der Waals surface area contributed by atoms with Gasteiger partial charge in [0.05, 0.1) is 5.56 Å². The van der Waals surface area contributed by atoms with E-state index in [2.05, 4.69) is 10.6 Å². The maximum absolute atomic E-state index is 13.6. The van der Waals surface area contributed by atoms with Crippen LogP contribution in [0, 0.1) is 0 Å². The molecular formula is C21H23F3N4OS. The highest BCUT2D eigenvalue weighted by molar-refractivity contribution is 7.80. The van der Waals surface area contributed by atoms with Crippen LogP contribution in [0.3, 0.4) is 0 Å². The average Bonchev–Trinajstić information content (AvgIpc) is 2.72. The number of piperidine rings is 1. The third-order valence-electron chi connectivity index (χ3n) is 4.94. The van der Waals surface area contributed by atoms with Crippen molar-refractivity contribution in [1.82, 2.24) is 5.32 Å². The largest absolute Gasteiger partial charge is 0.418 e. The molecule has 0 bridgehead atoms. The molecule has 1 saturated heterocycles. The lowest BCUT2D eigenvalue weighted by molar-refractivity contribution is -0.137. The fraction of sp³-hybridized carbons (Fsp3) is 0.333. The molecule has 9 heteroatoms. The monoisotopic (exact) mass is 436 g/mol. The van der Waals surface area contributed by atoms with Gasteiger partial charge in [-0.2, -0.15) is 13.2 Å². The number of amides is 1. The van der Waals surface area contributed by atoms with Gasteiger partial charge in [0.2, 0.25) is 5.91 Å². The second-order valence-electron chi connectivity index (χ2n) is 7.15. The molecule has 30 heavy (non-hydrogen) atoms. The number of carbonyl (C=O) groups is 1. The summed E-state index contributed by atoms with van der Waals surface area (Å²) in [6.45, 7) is 1.43. The van der Waals surface area contributed by atoms with Crippen LogP contribution in [-0.2, 0) is 12.7 Å². The number of anilines is 2. The number of benzene rings is 2. The normalized spacial score (nSPS) is 14.3. The lowest BCUT2D eigenvalue weighted by Gasteiger charge is -2.31. The van der Waals surface area contributed by atoms with E-state index in [1.54, 1.807) is 36.4 Å². The molecule has 5 nitrogen and oxygen atoms in total. The van der Waals surface area contributed by atoms with Crippen LogP contribution >= 0.6 is 12.2 Å². The maximum Gasteiger partial charge on any atom is 0.418 e. The van der Waals surface area contributed by atoms with E-state index in [1.165, 1.54) is 6.07 Å². The molecule has 0 atom stereocenters. The van der Waals surface area contributed by atoms with Gasteiger partial charge in [-0.3, -0.25) is 4.79 Å². The van der Waals surface area contributed by atoms with Gasteiger partial charge in [0.25, 0.3) is 0 Å². The predicted molar refractivity (Wildman–Crippen MR) is 116 cm³/mol. The van der Waals surface area contributed by atoms with E-state index in [4.69, 9.17) is 18.0 Å². The minimum atomic E-state index is -4.43. The molecule has 1 aliphatic rings. The van der Waals surface area contributed by atoms with Gasteiger partial charge in [0.15, 0.2) is 5.11 Å². The fourth-order valence-corrected chi connectivity index (χ4v) is 3.60. The molecule has 0 spiro atoms. The first-order chi connectivity index (χ1) is 14.2. The predicted octanol–water partition coefficient (Wildman–Crippen LogP) is 4.28. The molecule has 0 aliphatic carbocycles. The first kappa shape index (κ1) is 21.9. The van der Waals surface area contributed by atoms with Gasteiger partial charge in [-0.25, -0.2) is 0 Å². The molecule has 1 aliphatic heterocycles. The third kappa shape index (κ3) is 5.63. The lowest BCUT2D eigenvalue weighted by Crippen LogP contribution is -2.31. The topological polar surface area (TPSA) is 70.4 Å². The average molecular weight is 437 g/mol. The minimum Gasteiger partial charge on any atom is -0.371 e. The summed E-state index contributed by atoms with van der Waals surface area (Å²) < 4.78 is 40.9. The molecule has 3 rings (SSSR count). The number of alkyl halides is 3. The number of primary amides is 1. The molecule has 1 heterocycles. The smallest absolute Gasteiger partial charge is 0.371 e. The Labute approximate surface area is 178 Å². The van der Waals surface area contributed by atoms with E-state index in [0.29, 0.717) is 29.9 Å². The number of halogens is 3. The summed E-state index contributed by atoms with van der Waals surface area (Å²) in [7, 11) is 0. The van der Waals surface area contributed by atoms with Crippen LogP contribution in [0.2, 0.25) is 0 Å². The van der Waals surface area contributed by atoms with Gasteiger partial charge in [-0.15, -0.1) is 0 Å². The Morgan fingerprint density at radius 3 is 2.33 bits per heavy atom. The van der Waals surface area contributed by atoms with Crippen molar-refractivity contribution in [3.8, 4) is 0 Å². The second kappa shape index (κ2) is 9.34. The molecule has 2 aromatic rings. The van der Waals surface area contributed by atoms with Crippen molar-refractivity contribution in [2.24, 2.45) is 5.73 Å². The molecular weight excluding hydrogens is 413 g/mol. The second-order valence-corrected chi connectivity index (χ2v) is 7.55. The maximum atomic E-state index is 13.6. The Balaban J connectivity index is 1.65. The molecule has 2 aromatic carbocycles. The first-order valence-electron chi connectivity index (χ1n) is 9.64. The highest BCUT2D eigenvalue weighted by atomic mass is 32.1. The van der Waals surface area contributed by atoms with E-state index in [-0.39, 0.29) is 17.3 Å². The van der Waals surface area contributed by atoms with Crippen molar-refractivity contribution in [3.63, 3.8) is 0 Å². The number of hydrogen-bond donors (Lipinski definition) is 3. The zero-order valence-corrected chi connectivity index (χ0v) is 17.1. The Morgan fingerprint density at radius 2 is 1.73 bits per heavy atom. The van der Waals surface area contributed by atoms with Crippen molar-refractivity contribution in [2.45, 2.75) is 32.0 Å². The van der Waals surface area contributed by atoms with Crippen LogP contribution in [0.15, 0.2) is 42.5 Å². The summed E-state index contributed by atoms with van der Waals surface area (Å²) in [6, 6.07) is 10.8. The quantitative estimate of drug-likeness (QED) is 0.611. The van der Waals surface area contributed by atoms with Crippen molar-refractivity contribution in [1.29, 1.82) is 0 Å². The first-order valence-corrected chi connectivity index (χ1v) is 10.0. The van der Waals surface area contributed by atoms with E-state index < -0.39 is 17.6 Å². The van der Waals surface area contributed by atoms with E-state index in [1.807, 2.05) is 4.90 Å². The number of hydrogen-bond acceptors (Lipinski definition) is 3. The van der Waals surface area contributed by atoms with Gasteiger partial charge in [0.1, 0.15) is 0 Å². The molecule has 0 unspecified atom stereocenters. The van der Waals surface area contributed by atoms with Crippen molar-refractivity contribution in [3.05, 3.63) is 59.2 Å². The van der Waals surface area contributed by atoms with Crippen LogP contribution in [0.4, 0.5) is 24.5 Å². The van der Waals surface area contributed by atoms with Gasteiger partial charge in [-0.1, -0.05) is 6.07 Å². The van der Waals surface area contributed by atoms with E-state index >= 15 is 0 Å². The summed E-state index contributed by atoms with van der Waals surface area (Å²) in [4.78, 5) is 12.9. The zero-order chi connectivity index (χ0) is 21.7. The summed E-state index contributed by atoms with van der Waals surface area (Å²) in [5.41, 5.74) is 6.30. The lowest BCUT2D eigenvalue weighted by atomic mass is 10.0. The summed E-state index contributed by atoms with van der Waals surface area (Å²) >= 11 is 5.21. The van der Waals surface area contributed by atoms with Gasteiger partial charge < -0.3 is 21.3 Å². The van der Waals surface area contributed by atoms with Crippen molar-refractivity contribution in [2.75, 3.05) is 23.3 Å². The molecule has 0 aromatic heterocycles. The standard InChI is InChI=1S/C21H23F3N4OS/c22-21(23,24)17-12-14(4-9-18(17)28-10-2-1-3-11-28)13-26-20(30)27-16-7-5-15(6-8-16)19(25)29/h4-9,12H,1-3,10-11,13H2,(H2,25,29)(H2,26,27,30). The summed E-state index contributed by atoms with van der Waals surface area (Å²) in [6.07, 6.45) is -1.57. The number of nitrogens with two attached hydrogens (primary N) is 1. The Bertz CT molecular complexity index is 909. The fourth-order valence-electron chi connectivity index (χ4n) is 3.41. The van der Waals surface area contributed by atoms with E-state index in [0.717, 1.165) is 19.3 Å². The van der Waals surface area contributed by atoms with Gasteiger partial charge in [-0.05, 0) is 73.4 Å². The minimum absolute atomic E-state index is 0.147. The van der Waals surface area contributed by atoms with Gasteiger partial charge in [0, 0.05) is 36.6 Å². The SMILES string of the molecule is NC(=O)c1ccc(NC(=S)NCc2ccc(N3CCCCC3)c(C(F)(F)F)c2)cc1. The number of rotatable bonds is 5. The Hall–Kier alpha value is -2.81. The molecule has 160 valence electrons. The third-order valence-corrected chi connectivity index (χ3v) is 5.19.